The number of nitrogens with one attached hydrogen (secondary N) is 1. The quantitative estimate of drug-likeness (QED) is 0.793. The van der Waals surface area contributed by atoms with Crippen LogP contribution in [-0.4, -0.2) is 35.9 Å². The fraction of sp³-hybridized carbons (Fsp3) is 0.333. The highest BCUT2D eigenvalue weighted by atomic mass is 16.7. The molecular weight excluding hydrogens is 306 g/mol. The van der Waals surface area contributed by atoms with Crippen LogP contribution in [0.15, 0.2) is 48.8 Å². The predicted molar refractivity (Wildman–Crippen MR) is 90.8 cm³/mol. The van der Waals surface area contributed by atoms with E-state index in [9.17, 15) is 4.79 Å². The number of rotatable bonds is 7. The molecule has 24 heavy (non-hydrogen) atoms. The molecule has 6 heteroatoms. The second kappa shape index (κ2) is 7.79. The monoisotopic (exact) mass is 327 g/mol. The molecule has 0 spiro atoms. The zero-order valence-electron chi connectivity index (χ0n) is 13.6. The molecule has 1 heterocycles. The SMILES string of the molecule is COCOc1ccc(NC(=O)N(Cc2ccncc2)C2CC2)cc1. The molecule has 2 aromatic rings. The van der Waals surface area contributed by atoms with Gasteiger partial charge in [-0.25, -0.2) is 4.79 Å². The maximum atomic E-state index is 12.6. The first-order chi connectivity index (χ1) is 11.8. The van der Waals surface area contributed by atoms with Gasteiger partial charge in [-0.15, -0.1) is 0 Å². The van der Waals surface area contributed by atoms with Crippen LogP contribution < -0.4 is 10.1 Å². The van der Waals surface area contributed by atoms with Crippen molar-refractivity contribution in [3.8, 4) is 5.75 Å². The van der Waals surface area contributed by atoms with Crippen LogP contribution in [0.3, 0.4) is 0 Å². The molecular formula is C18H21N3O3. The van der Waals surface area contributed by atoms with Crippen LogP contribution in [0, 0.1) is 0 Å². The van der Waals surface area contributed by atoms with Gasteiger partial charge in [0.15, 0.2) is 6.79 Å². The van der Waals surface area contributed by atoms with Gasteiger partial charge in [0.05, 0.1) is 0 Å². The summed E-state index contributed by atoms with van der Waals surface area (Å²) in [4.78, 5) is 18.5. The Labute approximate surface area is 141 Å². The molecule has 1 aliphatic carbocycles. The van der Waals surface area contributed by atoms with Gasteiger partial charge in [-0.05, 0) is 54.8 Å². The summed E-state index contributed by atoms with van der Waals surface area (Å²) < 4.78 is 10.2. The van der Waals surface area contributed by atoms with Crippen LogP contribution in [0.25, 0.3) is 0 Å². The van der Waals surface area contributed by atoms with Crippen molar-refractivity contribution in [2.45, 2.75) is 25.4 Å². The Balaban J connectivity index is 1.61. The molecule has 0 saturated heterocycles. The number of carbonyl (C=O) groups is 1. The zero-order chi connectivity index (χ0) is 16.8. The van der Waals surface area contributed by atoms with Crippen molar-refractivity contribution in [2.75, 3.05) is 19.2 Å². The number of amides is 2. The number of methoxy groups -OCH3 is 1. The maximum Gasteiger partial charge on any atom is 0.322 e. The van der Waals surface area contributed by atoms with E-state index in [1.165, 1.54) is 0 Å². The summed E-state index contributed by atoms with van der Waals surface area (Å²) in [6.07, 6.45) is 5.61. The lowest BCUT2D eigenvalue weighted by Gasteiger charge is -2.23. The Hall–Kier alpha value is -2.60. The van der Waals surface area contributed by atoms with Crippen LogP contribution in [0.2, 0.25) is 0 Å². The smallest absolute Gasteiger partial charge is 0.322 e. The second-order valence-electron chi connectivity index (χ2n) is 5.72. The molecule has 1 aromatic heterocycles. The van der Waals surface area contributed by atoms with E-state index in [4.69, 9.17) is 9.47 Å². The third-order valence-electron chi connectivity index (χ3n) is 3.80. The van der Waals surface area contributed by atoms with Crippen LogP contribution in [-0.2, 0) is 11.3 Å². The Kier molecular flexibility index (Phi) is 5.28. The van der Waals surface area contributed by atoms with E-state index in [0.29, 0.717) is 18.3 Å². The summed E-state index contributed by atoms with van der Waals surface area (Å²) in [7, 11) is 1.57. The van der Waals surface area contributed by atoms with Gasteiger partial charge in [0.2, 0.25) is 0 Å². The van der Waals surface area contributed by atoms with Crippen molar-refractivity contribution in [1.29, 1.82) is 0 Å². The van der Waals surface area contributed by atoms with Gasteiger partial charge >= 0.3 is 6.03 Å². The van der Waals surface area contributed by atoms with Crippen molar-refractivity contribution in [3.05, 3.63) is 54.4 Å². The first-order valence-corrected chi connectivity index (χ1v) is 7.94. The standard InChI is InChI=1S/C18H21N3O3/c1-23-13-24-17-6-2-15(3-7-17)20-18(22)21(16-4-5-16)12-14-8-10-19-11-9-14/h2-3,6-11,16H,4-5,12-13H2,1H3,(H,20,22). The van der Waals surface area contributed by atoms with Crippen molar-refractivity contribution in [3.63, 3.8) is 0 Å². The Morgan fingerprint density at radius 1 is 1.21 bits per heavy atom. The van der Waals surface area contributed by atoms with Crippen molar-refractivity contribution in [2.24, 2.45) is 0 Å². The van der Waals surface area contributed by atoms with Gasteiger partial charge in [0.25, 0.3) is 0 Å². The molecule has 3 rings (SSSR count). The average Bonchev–Trinajstić information content (AvgIpc) is 3.45. The highest BCUT2D eigenvalue weighted by Gasteiger charge is 2.32. The average molecular weight is 327 g/mol. The molecule has 0 unspecified atom stereocenters. The van der Waals surface area contributed by atoms with Crippen molar-refractivity contribution >= 4 is 11.7 Å². The van der Waals surface area contributed by atoms with Gasteiger partial charge in [-0.2, -0.15) is 0 Å². The first-order valence-electron chi connectivity index (χ1n) is 7.94. The third-order valence-corrected chi connectivity index (χ3v) is 3.80. The highest BCUT2D eigenvalue weighted by Crippen LogP contribution is 2.29. The van der Waals surface area contributed by atoms with Gasteiger partial charge in [-0.3, -0.25) is 4.98 Å². The van der Waals surface area contributed by atoms with Gasteiger partial charge in [-0.1, -0.05) is 0 Å². The zero-order valence-corrected chi connectivity index (χ0v) is 13.6. The number of aromatic nitrogens is 1. The van der Waals surface area contributed by atoms with Crippen LogP contribution in [0.4, 0.5) is 10.5 Å². The lowest BCUT2D eigenvalue weighted by Crippen LogP contribution is -2.36. The minimum atomic E-state index is -0.0835. The molecule has 1 saturated carbocycles. The topological polar surface area (TPSA) is 63.7 Å². The first kappa shape index (κ1) is 16.3. The van der Waals surface area contributed by atoms with Crippen molar-refractivity contribution < 1.29 is 14.3 Å². The largest absolute Gasteiger partial charge is 0.468 e. The lowest BCUT2D eigenvalue weighted by molar-refractivity contribution is 0.0511. The predicted octanol–water partition coefficient (Wildman–Crippen LogP) is 3.26. The molecule has 0 atom stereocenters. The molecule has 0 aliphatic heterocycles. The second-order valence-corrected chi connectivity index (χ2v) is 5.72. The number of nitrogens with zero attached hydrogens (tertiary/aromatic N) is 2. The molecule has 0 radical (unpaired) electrons. The number of urea groups is 1. The summed E-state index contributed by atoms with van der Waals surface area (Å²) in [5, 5.41) is 2.95. The van der Waals surface area contributed by atoms with E-state index in [1.54, 1.807) is 31.6 Å². The normalized spacial score (nSPS) is 13.4. The summed E-state index contributed by atoms with van der Waals surface area (Å²) in [6.45, 7) is 0.793. The number of anilines is 1. The number of pyridine rings is 1. The number of ether oxygens (including phenoxy) is 2. The van der Waals surface area contributed by atoms with Gasteiger partial charge in [0.1, 0.15) is 5.75 Å². The Morgan fingerprint density at radius 2 is 1.92 bits per heavy atom. The Bertz CT molecular complexity index is 657. The van der Waals surface area contributed by atoms with Crippen molar-refractivity contribution in [1.82, 2.24) is 9.88 Å². The van der Waals surface area contributed by atoms with E-state index < -0.39 is 0 Å². The minimum Gasteiger partial charge on any atom is -0.468 e. The van der Waals surface area contributed by atoms with E-state index in [0.717, 1.165) is 24.1 Å². The molecule has 1 fully saturated rings. The number of carbonyl (C=O) groups excluding carboxylic acids is 1. The molecule has 6 nitrogen and oxygen atoms in total. The third kappa shape index (κ3) is 4.45. The van der Waals surface area contributed by atoms with E-state index in [2.05, 4.69) is 10.3 Å². The van der Waals surface area contributed by atoms with Crippen LogP contribution in [0.5, 0.6) is 5.75 Å². The highest BCUT2D eigenvalue weighted by molar-refractivity contribution is 5.89. The van der Waals surface area contributed by atoms with Gasteiger partial charge < -0.3 is 19.7 Å². The summed E-state index contributed by atoms with van der Waals surface area (Å²) in [6, 6.07) is 11.4. The molecule has 126 valence electrons. The molecule has 1 aromatic carbocycles. The molecule has 2 amide bonds. The molecule has 1 N–H and O–H groups in total. The van der Waals surface area contributed by atoms with E-state index in [1.807, 2.05) is 29.2 Å². The Morgan fingerprint density at radius 3 is 2.54 bits per heavy atom. The molecule has 0 bridgehead atoms. The fourth-order valence-electron chi connectivity index (χ4n) is 2.39. The minimum absolute atomic E-state index is 0.0835. The fourth-order valence-corrected chi connectivity index (χ4v) is 2.39. The summed E-state index contributed by atoms with van der Waals surface area (Å²) in [5.41, 5.74) is 1.82. The maximum absolute atomic E-state index is 12.6. The lowest BCUT2D eigenvalue weighted by atomic mass is 10.2. The number of hydrogen-bond acceptors (Lipinski definition) is 4. The van der Waals surface area contributed by atoms with E-state index in [-0.39, 0.29) is 12.8 Å². The molecule has 1 aliphatic rings. The van der Waals surface area contributed by atoms with Crippen LogP contribution in [0.1, 0.15) is 18.4 Å². The van der Waals surface area contributed by atoms with Crippen LogP contribution >= 0.6 is 0 Å². The summed E-state index contributed by atoms with van der Waals surface area (Å²) >= 11 is 0. The van der Waals surface area contributed by atoms with Gasteiger partial charge in [0, 0.05) is 37.8 Å². The number of benzene rings is 1. The number of hydrogen-bond donors (Lipinski definition) is 1. The van der Waals surface area contributed by atoms with E-state index >= 15 is 0 Å². The summed E-state index contributed by atoms with van der Waals surface area (Å²) in [5.74, 6) is 0.700.